The molecule has 0 atom stereocenters. The average molecular weight is 1160 g/mol. The van der Waals surface area contributed by atoms with E-state index in [0.29, 0.717) is 57.5 Å². The summed E-state index contributed by atoms with van der Waals surface area (Å²) >= 11 is 0. The zero-order chi connectivity index (χ0) is 59.6. The zero-order valence-corrected chi connectivity index (χ0v) is 48.3. The largest absolute Gasteiger partial charge is 0.456 e. The first kappa shape index (κ1) is 51.0. The molecule has 0 aliphatic heterocycles. The molecule has 13 nitrogen and oxygen atoms in total. The van der Waals surface area contributed by atoms with Crippen LogP contribution in [0.3, 0.4) is 0 Å². The highest BCUT2D eigenvalue weighted by atomic mass is 16.3. The smallest absolute Gasteiger partial charge is 0.246 e. The van der Waals surface area contributed by atoms with Crippen LogP contribution in [-0.2, 0) is 5.41 Å². The Balaban J connectivity index is 0.689. The molecule has 0 N–H and O–H groups in total. The van der Waals surface area contributed by atoms with Gasteiger partial charge in [-0.05, 0) is 88.5 Å². The number of benzene rings is 9. The van der Waals surface area contributed by atoms with Crippen molar-refractivity contribution >= 4 is 66.1 Å². The van der Waals surface area contributed by atoms with Crippen molar-refractivity contribution in [1.29, 1.82) is 0 Å². The number of furan rings is 3. The first-order chi connectivity index (χ1) is 44.3. The van der Waals surface area contributed by atoms with Gasteiger partial charge in [0.2, 0.25) is 5.71 Å². The van der Waals surface area contributed by atoms with Gasteiger partial charge < -0.3 is 13.3 Å². The Labute approximate surface area is 513 Å². The number of rotatable bonds is 9. The van der Waals surface area contributed by atoms with Crippen LogP contribution in [0.25, 0.3) is 179 Å². The highest BCUT2D eigenvalue weighted by Crippen LogP contribution is 2.48. The van der Waals surface area contributed by atoms with Crippen LogP contribution in [0, 0.1) is 0 Å². The molecular weight excluding hydrogens is 1110 g/mol. The summed E-state index contributed by atoms with van der Waals surface area (Å²) in [5, 5.41) is 4.55. The third-order valence-corrected chi connectivity index (χ3v) is 17.4. The summed E-state index contributed by atoms with van der Waals surface area (Å²) in [5.41, 5.74) is 19.4. The normalized spacial score (nSPS) is 12.6. The number of fused-ring (bicyclic) bond motifs is 12. The Morgan fingerprint density at radius 2 is 0.756 bits per heavy atom. The number of aromatic nitrogens is 10. The van der Waals surface area contributed by atoms with Crippen molar-refractivity contribution in [1.82, 2.24) is 49.8 Å². The minimum Gasteiger partial charge on any atom is -0.456 e. The van der Waals surface area contributed by atoms with E-state index in [4.69, 9.17) is 63.1 Å². The van der Waals surface area contributed by atoms with E-state index in [2.05, 4.69) is 68.4 Å². The fraction of sp³-hybridized carbons (Fsp3) is 0.0390. The molecule has 1 aliphatic carbocycles. The van der Waals surface area contributed by atoms with Gasteiger partial charge in [-0.1, -0.05) is 178 Å². The lowest BCUT2D eigenvalue weighted by atomic mass is 9.82. The Morgan fingerprint density at radius 3 is 1.30 bits per heavy atom. The van der Waals surface area contributed by atoms with Gasteiger partial charge >= 0.3 is 0 Å². The molecule has 17 aromatic rings. The molecule has 0 radical (unpaired) electrons. The van der Waals surface area contributed by atoms with Crippen LogP contribution >= 0.6 is 0 Å². The van der Waals surface area contributed by atoms with E-state index < -0.39 is 0 Å². The molecule has 13 heteroatoms. The van der Waals surface area contributed by atoms with Crippen LogP contribution in [0.4, 0.5) is 0 Å². The fourth-order valence-corrected chi connectivity index (χ4v) is 12.8. The van der Waals surface area contributed by atoms with Gasteiger partial charge in [-0.3, -0.25) is 9.97 Å². The van der Waals surface area contributed by atoms with Gasteiger partial charge in [0, 0.05) is 89.2 Å². The van der Waals surface area contributed by atoms with Gasteiger partial charge in [0.05, 0.1) is 23.3 Å². The molecule has 0 amide bonds. The van der Waals surface area contributed by atoms with Crippen molar-refractivity contribution < 1.29 is 13.3 Å². The minimum absolute atomic E-state index is 0.244. The molecule has 0 fully saturated rings. The van der Waals surface area contributed by atoms with Gasteiger partial charge in [0.25, 0.3) is 0 Å². The first-order valence-electron chi connectivity index (χ1n) is 29.7. The molecular formula is C77H46N10O3. The number of pyridine rings is 2. The lowest BCUT2D eigenvalue weighted by Gasteiger charge is -2.21. The molecule has 8 heterocycles. The standard InChI is InChI=1S/C77H46N10O3/c1-77(2)57-23-14-36-78-68(57)69-58(77)40-51(41-79-69)50-32-34-61-55(38-50)66-53(22-13-25-64(66)89-61)75-86-72(46-19-10-5-11-20-46)83-73(87-75)47-28-26-43(27-29-47)59-42-80-76-67(81-59)56-39-49(31-35-62(56)90-76)48-30-33-60-54(37-48)65-52(21-12-24-63(65)88-60)74-84-70(44-15-6-3-7-16-44)82-71(85-74)45-17-8-4-9-18-45/h3-42H,1-2H3. The van der Waals surface area contributed by atoms with Crippen LogP contribution in [0.1, 0.15) is 25.0 Å². The summed E-state index contributed by atoms with van der Waals surface area (Å²) in [6.07, 6.45) is 5.54. The predicted molar refractivity (Wildman–Crippen MR) is 353 cm³/mol. The molecule has 18 rings (SSSR count). The van der Waals surface area contributed by atoms with Gasteiger partial charge in [-0.25, -0.2) is 39.9 Å². The van der Waals surface area contributed by atoms with E-state index in [9.17, 15) is 0 Å². The van der Waals surface area contributed by atoms with Crippen molar-refractivity contribution in [2.45, 2.75) is 19.3 Å². The average Bonchev–Trinajstić information content (AvgIpc) is 1.61. The fourth-order valence-electron chi connectivity index (χ4n) is 12.8. The summed E-state index contributed by atoms with van der Waals surface area (Å²) in [6, 6.07) is 75.3. The highest BCUT2D eigenvalue weighted by Gasteiger charge is 2.38. The van der Waals surface area contributed by atoms with E-state index in [0.717, 1.165) is 127 Å². The van der Waals surface area contributed by atoms with E-state index in [-0.39, 0.29) is 5.41 Å². The maximum absolute atomic E-state index is 6.56. The Kier molecular flexibility index (Phi) is 11.3. The van der Waals surface area contributed by atoms with Crippen LogP contribution in [-0.4, -0.2) is 49.8 Å². The number of hydrogen-bond acceptors (Lipinski definition) is 13. The lowest BCUT2D eigenvalue weighted by molar-refractivity contribution is 0.653. The zero-order valence-electron chi connectivity index (χ0n) is 48.3. The monoisotopic (exact) mass is 1160 g/mol. The summed E-state index contributed by atoms with van der Waals surface area (Å²) in [7, 11) is 0. The molecule has 0 saturated heterocycles. The summed E-state index contributed by atoms with van der Waals surface area (Å²) in [4.78, 5) is 50.4. The van der Waals surface area contributed by atoms with Crippen molar-refractivity contribution in [3.05, 3.63) is 254 Å². The van der Waals surface area contributed by atoms with E-state index in [1.54, 1.807) is 6.20 Å². The molecule has 9 aromatic carbocycles. The Morgan fingerprint density at radius 1 is 0.300 bits per heavy atom. The second kappa shape index (κ2) is 19.9. The lowest BCUT2D eigenvalue weighted by Crippen LogP contribution is -2.15. The van der Waals surface area contributed by atoms with Gasteiger partial charge in [0.1, 0.15) is 33.4 Å². The van der Waals surface area contributed by atoms with Crippen LogP contribution in [0.5, 0.6) is 0 Å². The second-order valence-electron chi connectivity index (χ2n) is 23.1. The molecule has 0 saturated carbocycles. The van der Waals surface area contributed by atoms with Gasteiger partial charge in [-0.15, -0.1) is 0 Å². The molecule has 1 aliphatic rings. The minimum atomic E-state index is -0.244. The van der Waals surface area contributed by atoms with Gasteiger partial charge in [0.15, 0.2) is 34.9 Å². The van der Waals surface area contributed by atoms with Crippen molar-refractivity contribution in [3.63, 3.8) is 0 Å². The highest BCUT2D eigenvalue weighted by molar-refractivity contribution is 6.14. The van der Waals surface area contributed by atoms with Crippen LogP contribution in [0.15, 0.2) is 256 Å². The summed E-state index contributed by atoms with van der Waals surface area (Å²) < 4.78 is 19.4. The van der Waals surface area contributed by atoms with E-state index >= 15 is 0 Å². The van der Waals surface area contributed by atoms with Gasteiger partial charge in [-0.2, -0.15) is 0 Å². The quantitative estimate of drug-likeness (QED) is 0.134. The molecule has 0 bridgehead atoms. The predicted octanol–water partition coefficient (Wildman–Crippen LogP) is 18.6. The molecule has 422 valence electrons. The van der Waals surface area contributed by atoms with Crippen molar-refractivity contribution in [2.75, 3.05) is 0 Å². The Hall–Kier alpha value is -12.2. The van der Waals surface area contributed by atoms with Crippen LogP contribution in [0.2, 0.25) is 0 Å². The summed E-state index contributed by atoms with van der Waals surface area (Å²) in [5.74, 6) is 3.32. The van der Waals surface area contributed by atoms with Crippen molar-refractivity contribution in [3.8, 4) is 113 Å². The number of nitrogens with zero attached hydrogens (tertiary/aromatic N) is 10. The third-order valence-electron chi connectivity index (χ3n) is 17.4. The number of hydrogen-bond donors (Lipinski definition) is 0. The summed E-state index contributed by atoms with van der Waals surface area (Å²) in [6.45, 7) is 4.48. The van der Waals surface area contributed by atoms with Crippen molar-refractivity contribution in [2.24, 2.45) is 0 Å². The topological polar surface area (TPSA) is 168 Å². The van der Waals surface area contributed by atoms with E-state index in [1.807, 2.05) is 182 Å². The van der Waals surface area contributed by atoms with Crippen LogP contribution < -0.4 is 0 Å². The SMILES string of the molecule is CC1(C)c2cccnc2-c2ncc(-c3ccc4oc5cccc(-c6nc(-c7ccccc7)nc(-c7ccc(-c8cnc9oc%10ccc(-c%11ccc%12oc%13cccc(-c%14nc(-c%15ccccc%15)nc(-c%15ccccc%15)n%14)c%13c%12c%11)cc%10c9n8)cc7)n6)c5c4c3)cc21. The van der Waals surface area contributed by atoms with E-state index in [1.165, 1.54) is 5.56 Å². The molecule has 0 unspecified atom stereocenters. The Bertz CT molecular complexity index is 5710. The molecule has 0 spiro atoms. The molecule has 90 heavy (non-hydrogen) atoms. The second-order valence-corrected chi connectivity index (χ2v) is 23.1. The first-order valence-corrected chi connectivity index (χ1v) is 29.7. The molecule has 8 aromatic heterocycles. The third kappa shape index (κ3) is 8.31. The maximum Gasteiger partial charge on any atom is 0.246 e. The maximum atomic E-state index is 6.56.